The highest BCUT2D eigenvalue weighted by atomic mass is 35.5. The van der Waals surface area contributed by atoms with Gasteiger partial charge in [0, 0.05) is 35.1 Å². The molecule has 1 saturated heterocycles. The standard InChI is InChI=1S/C22H22ClN3O4S/c1-22(2)6-5-16(27)18(21(28)29)20(22)25-19-14-11-13(23)3-4-15(14)24-12-17(19)31-26-7-9-30-10-8-26/h3-6,11-12,27H,7-10H2,1-2H3,(H,28,29). The molecule has 0 spiro atoms. The summed E-state index contributed by atoms with van der Waals surface area (Å²) in [6.45, 7) is 6.52. The lowest BCUT2D eigenvalue weighted by Gasteiger charge is -2.28. The van der Waals surface area contributed by atoms with Crippen molar-refractivity contribution in [3.8, 4) is 0 Å². The molecule has 2 N–H and O–H groups in total. The maximum Gasteiger partial charge on any atom is 0.341 e. The molecule has 0 saturated carbocycles. The van der Waals surface area contributed by atoms with Crippen molar-refractivity contribution >= 4 is 51.8 Å². The molecule has 1 aliphatic carbocycles. The lowest BCUT2D eigenvalue weighted by molar-refractivity contribution is -0.132. The predicted octanol–water partition coefficient (Wildman–Crippen LogP) is 4.79. The van der Waals surface area contributed by atoms with Crippen LogP contribution in [0.1, 0.15) is 13.8 Å². The summed E-state index contributed by atoms with van der Waals surface area (Å²) >= 11 is 7.78. The molecule has 162 valence electrons. The van der Waals surface area contributed by atoms with E-state index in [2.05, 4.69) is 9.29 Å². The quantitative estimate of drug-likeness (QED) is 0.634. The highest BCUT2D eigenvalue weighted by molar-refractivity contribution is 7.97. The number of allylic oxidation sites excluding steroid dienone is 2. The van der Waals surface area contributed by atoms with Gasteiger partial charge in [-0.3, -0.25) is 4.98 Å². The average Bonchev–Trinajstić information content (AvgIpc) is 2.73. The van der Waals surface area contributed by atoms with Gasteiger partial charge in [0.15, 0.2) is 0 Å². The molecule has 0 unspecified atom stereocenters. The van der Waals surface area contributed by atoms with E-state index in [9.17, 15) is 15.0 Å². The van der Waals surface area contributed by atoms with E-state index in [1.807, 2.05) is 19.9 Å². The molecule has 2 aromatic rings. The molecule has 1 aromatic carbocycles. The molecule has 31 heavy (non-hydrogen) atoms. The van der Waals surface area contributed by atoms with E-state index in [1.165, 1.54) is 18.0 Å². The van der Waals surface area contributed by atoms with E-state index >= 15 is 0 Å². The van der Waals surface area contributed by atoms with Crippen molar-refractivity contribution in [3.63, 3.8) is 0 Å². The molecular formula is C22H22ClN3O4S. The Morgan fingerprint density at radius 1 is 1.32 bits per heavy atom. The minimum atomic E-state index is -1.23. The molecule has 2 heterocycles. The van der Waals surface area contributed by atoms with Crippen LogP contribution >= 0.6 is 23.5 Å². The van der Waals surface area contributed by atoms with Crippen molar-refractivity contribution in [1.82, 2.24) is 9.29 Å². The number of nitrogens with zero attached hydrogens (tertiary/aromatic N) is 3. The molecule has 0 amide bonds. The van der Waals surface area contributed by atoms with Crippen molar-refractivity contribution in [3.05, 3.63) is 52.9 Å². The topological polar surface area (TPSA) is 95.2 Å². The van der Waals surface area contributed by atoms with Crippen molar-refractivity contribution < 1.29 is 19.7 Å². The van der Waals surface area contributed by atoms with Crippen LogP contribution < -0.4 is 0 Å². The molecule has 1 aromatic heterocycles. The molecule has 9 heteroatoms. The Kier molecular flexibility index (Phi) is 6.07. The second-order valence-electron chi connectivity index (χ2n) is 7.85. The number of aliphatic imine (C=N–C) groups is 1. The van der Waals surface area contributed by atoms with Gasteiger partial charge in [-0.15, -0.1) is 0 Å². The monoisotopic (exact) mass is 459 g/mol. The second kappa shape index (κ2) is 8.63. The number of pyridine rings is 1. The molecule has 4 rings (SSSR count). The minimum absolute atomic E-state index is 0.207. The first-order chi connectivity index (χ1) is 14.8. The van der Waals surface area contributed by atoms with Crippen LogP contribution in [-0.4, -0.2) is 57.5 Å². The zero-order chi connectivity index (χ0) is 22.2. The predicted molar refractivity (Wildman–Crippen MR) is 122 cm³/mol. The number of aliphatic carboxylic acids is 1. The lowest BCUT2D eigenvalue weighted by atomic mass is 9.79. The van der Waals surface area contributed by atoms with Crippen LogP contribution in [0.3, 0.4) is 0 Å². The van der Waals surface area contributed by atoms with Gasteiger partial charge in [0.2, 0.25) is 0 Å². The van der Waals surface area contributed by atoms with Crippen molar-refractivity contribution in [2.24, 2.45) is 10.4 Å². The maximum atomic E-state index is 12.0. The zero-order valence-electron chi connectivity index (χ0n) is 17.1. The molecular weight excluding hydrogens is 438 g/mol. The summed E-state index contributed by atoms with van der Waals surface area (Å²) in [5, 5.41) is 21.3. The normalized spacial score (nSPS) is 20.5. The summed E-state index contributed by atoms with van der Waals surface area (Å²) in [4.78, 5) is 22.2. The number of ether oxygens (including phenoxy) is 1. The summed E-state index contributed by atoms with van der Waals surface area (Å²) in [5.41, 5.74) is 0.644. The third kappa shape index (κ3) is 4.48. The summed E-state index contributed by atoms with van der Waals surface area (Å²) in [6, 6.07) is 5.34. The van der Waals surface area contributed by atoms with Gasteiger partial charge in [-0.05, 0) is 36.2 Å². The van der Waals surface area contributed by atoms with E-state index in [0.717, 1.165) is 18.0 Å². The molecule has 0 radical (unpaired) electrons. The number of aliphatic hydroxyl groups excluding tert-OH is 1. The number of aromatic nitrogens is 1. The average molecular weight is 460 g/mol. The SMILES string of the molecule is CC1(C)C=CC(O)=C(C(=O)O)C1=Nc1c(SN2CCOCC2)cnc2ccc(Cl)cc12. The third-order valence-electron chi connectivity index (χ3n) is 5.16. The van der Waals surface area contributed by atoms with Crippen LogP contribution in [0.2, 0.25) is 5.02 Å². The van der Waals surface area contributed by atoms with Gasteiger partial charge >= 0.3 is 5.97 Å². The number of benzene rings is 1. The Labute approximate surface area is 189 Å². The Morgan fingerprint density at radius 2 is 2.06 bits per heavy atom. The molecule has 0 bridgehead atoms. The van der Waals surface area contributed by atoms with Crippen LogP contribution in [-0.2, 0) is 9.53 Å². The van der Waals surface area contributed by atoms with Crippen molar-refractivity contribution in [2.45, 2.75) is 18.7 Å². The van der Waals surface area contributed by atoms with Crippen LogP contribution in [0, 0.1) is 5.41 Å². The largest absolute Gasteiger partial charge is 0.507 e. The fourth-order valence-electron chi connectivity index (χ4n) is 3.51. The number of morpholine rings is 1. The van der Waals surface area contributed by atoms with Crippen LogP contribution in [0.25, 0.3) is 10.9 Å². The minimum Gasteiger partial charge on any atom is -0.507 e. The third-order valence-corrected chi connectivity index (χ3v) is 6.52. The summed E-state index contributed by atoms with van der Waals surface area (Å²) in [5.74, 6) is -1.54. The fourth-order valence-corrected chi connectivity index (χ4v) is 4.63. The first-order valence-corrected chi connectivity index (χ1v) is 11.0. The van der Waals surface area contributed by atoms with Crippen LogP contribution in [0.4, 0.5) is 5.69 Å². The van der Waals surface area contributed by atoms with Crippen LogP contribution in [0.15, 0.2) is 57.8 Å². The fraction of sp³-hybridized carbons (Fsp3) is 0.318. The Balaban J connectivity index is 1.93. The lowest BCUT2D eigenvalue weighted by Crippen LogP contribution is -2.31. The number of fused-ring (bicyclic) bond motifs is 1. The second-order valence-corrected chi connectivity index (χ2v) is 9.42. The van der Waals surface area contributed by atoms with E-state index < -0.39 is 11.4 Å². The number of aliphatic hydroxyl groups is 1. The summed E-state index contributed by atoms with van der Waals surface area (Å²) < 4.78 is 7.60. The first kappa shape index (κ1) is 21.8. The Hall–Kier alpha value is -2.39. The number of hydrogen-bond acceptors (Lipinski definition) is 7. The zero-order valence-corrected chi connectivity index (χ0v) is 18.7. The number of rotatable bonds is 4. The summed E-state index contributed by atoms with van der Waals surface area (Å²) in [6.07, 6.45) is 4.90. The Bertz CT molecular complexity index is 1140. The number of hydrogen-bond donors (Lipinski definition) is 2. The van der Waals surface area contributed by atoms with Gasteiger partial charge in [-0.1, -0.05) is 31.5 Å². The van der Waals surface area contributed by atoms with Crippen LogP contribution in [0.5, 0.6) is 0 Å². The summed E-state index contributed by atoms with van der Waals surface area (Å²) in [7, 11) is 0. The van der Waals surface area contributed by atoms with E-state index in [-0.39, 0.29) is 17.0 Å². The highest BCUT2D eigenvalue weighted by Crippen LogP contribution is 2.41. The van der Waals surface area contributed by atoms with Gasteiger partial charge in [0.05, 0.1) is 35.0 Å². The molecule has 1 aliphatic heterocycles. The van der Waals surface area contributed by atoms with Gasteiger partial charge in [-0.2, -0.15) is 0 Å². The van der Waals surface area contributed by atoms with Gasteiger partial charge in [-0.25, -0.2) is 14.1 Å². The maximum absolute atomic E-state index is 12.0. The number of halogens is 1. The van der Waals surface area contributed by atoms with E-state index in [0.29, 0.717) is 34.8 Å². The van der Waals surface area contributed by atoms with Crippen molar-refractivity contribution in [1.29, 1.82) is 0 Å². The smallest absolute Gasteiger partial charge is 0.341 e. The first-order valence-electron chi connectivity index (χ1n) is 9.80. The van der Waals surface area contributed by atoms with Crippen molar-refractivity contribution in [2.75, 3.05) is 26.3 Å². The molecule has 2 aliphatic rings. The van der Waals surface area contributed by atoms with Gasteiger partial charge in [0.1, 0.15) is 11.3 Å². The molecule has 0 atom stereocenters. The van der Waals surface area contributed by atoms with E-state index in [1.54, 1.807) is 24.4 Å². The van der Waals surface area contributed by atoms with Gasteiger partial charge < -0.3 is 14.9 Å². The van der Waals surface area contributed by atoms with E-state index in [4.69, 9.17) is 21.3 Å². The number of carboxylic acid groups (broad SMARTS) is 1. The van der Waals surface area contributed by atoms with Gasteiger partial charge in [0.25, 0.3) is 0 Å². The highest BCUT2D eigenvalue weighted by Gasteiger charge is 2.35. The number of carboxylic acids is 1. The Morgan fingerprint density at radius 3 is 2.77 bits per heavy atom. The number of carbonyl (C=O) groups is 1. The molecule has 7 nitrogen and oxygen atoms in total. The molecule has 1 fully saturated rings.